The molecular formula is C28H30F3N4O2P. The molecule has 0 radical (unpaired) electrons. The number of halogens is 3. The van der Waals surface area contributed by atoms with E-state index in [4.69, 9.17) is 15.5 Å². The Bertz CT molecular complexity index is 1460. The highest BCUT2D eigenvalue weighted by molar-refractivity contribution is 7.64. The number of rotatable bonds is 9. The van der Waals surface area contributed by atoms with Crippen LogP contribution in [0.15, 0.2) is 48.5 Å². The molecule has 6 nitrogen and oxygen atoms in total. The van der Waals surface area contributed by atoms with E-state index in [-0.39, 0.29) is 28.9 Å². The van der Waals surface area contributed by atoms with Gasteiger partial charge in [0.1, 0.15) is 17.3 Å². The second-order valence-electron chi connectivity index (χ2n) is 9.38. The normalized spacial score (nSPS) is 12.6. The van der Waals surface area contributed by atoms with Gasteiger partial charge in [0.2, 0.25) is 0 Å². The van der Waals surface area contributed by atoms with Crippen molar-refractivity contribution in [2.24, 2.45) is 0 Å². The predicted octanol–water partition coefficient (Wildman–Crippen LogP) is 6.21. The SMILES string of the molecule is CCC(c1nc2ccc(-c3cc(N)c(P(C)C)c(F)c3)cc2n1-c1c(C=O)cccc1OC(F)F)N(C)C. The van der Waals surface area contributed by atoms with Crippen molar-refractivity contribution in [2.75, 3.05) is 33.2 Å². The van der Waals surface area contributed by atoms with Crippen molar-refractivity contribution in [1.29, 1.82) is 0 Å². The van der Waals surface area contributed by atoms with Crippen molar-refractivity contribution >= 4 is 36.2 Å². The van der Waals surface area contributed by atoms with E-state index in [1.165, 1.54) is 18.2 Å². The van der Waals surface area contributed by atoms with E-state index in [2.05, 4.69) is 0 Å². The van der Waals surface area contributed by atoms with E-state index < -0.39 is 14.5 Å². The summed E-state index contributed by atoms with van der Waals surface area (Å²) >= 11 is 0. The van der Waals surface area contributed by atoms with Gasteiger partial charge in [-0.25, -0.2) is 9.37 Å². The van der Waals surface area contributed by atoms with Crippen molar-refractivity contribution in [1.82, 2.24) is 14.5 Å². The minimum Gasteiger partial charge on any atom is -0.433 e. The first-order valence-corrected chi connectivity index (χ1v) is 14.3. The number of carbonyl (C=O) groups is 1. The molecule has 0 bridgehead atoms. The monoisotopic (exact) mass is 542 g/mol. The maximum absolute atomic E-state index is 15.0. The first kappa shape index (κ1) is 27.6. The fraction of sp³-hybridized carbons (Fsp3) is 0.286. The molecule has 4 rings (SSSR count). The molecule has 1 heterocycles. The first-order chi connectivity index (χ1) is 18.1. The number of aldehydes is 1. The van der Waals surface area contributed by atoms with Gasteiger partial charge in [-0.2, -0.15) is 8.78 Å². The molecule has 0 aliphatic carbocycles. The van der Waals surface area contributed by atoms with Crippen LogP contribution in [0, 0.1) is 5.82 Å². The minimum absolute atomic E-state index is 0.150. The molecule has 0 saturated carbocycles. The molecule has 10 heteroatoms. The van der Waals surface area contributed by atoms with Crippen LogP contribution in [0.3, 0.4) is 0 Å². The van der Waals surface area contributed by atoms with Crippen molar-refractivity contribution in [3.05, 3.63) is 65.7 Å². The molecule has 0 aliphatic rings. The van der Waals surface area contributed by atoms with E-state index in [0.29, 0.717) is 51.7 Å². The zero-order valence-corrected chi connectivity index (χ0v) is 22.8. The number of nitrogen functional groups attached to an aromatic ring is 1. The Morgan fingerprint density at radius 3 is 2.45 bits per heavy atom. The number of hydrogen-bond acceptors (Lipinski definition) is 5. The Kier molecular flexibility index (Phi) is 8.09. The second kappa shape index (κ2) is 11.1. The molecule has 200 valence electrons. The molecule has 4 aromatic rings. The number of alkyl halides is 2. The van der Waals surface area contributed by atoms with Gasteiger partial charge >= 0.3 is 6.61 Å². The fourth-order valence-corrected chi connectivity index (χ4v) is 5.91. The topological polar surface area (TPSA) is 73.4 Å². The lowest BCUT2D eigenvalue weighted by Crippen LogP contribution is -2.23. The van der Waals surface area contributed by atoms with Gasteiger partial charge in [0.25, 0.3) is 0 Å². The lowest BCUT2D eigenvalue weighted by molar-refractivity contribution is -0.0498. The van der Waals surface area contributed by atoms with Crippen LogP contribution >= 0.6 is 7.92 Å². The number of carbonyl (C=O) groups excluding carboxylic acids is 1. The number of para-hydroxylation sites is 1. The Hall–Kier alpha value is -3.42. The maximum atomic E-state index is 15.0. The van der Waals surface area contributed by atoms with Crippen molar-refractivity contribution in [3.8, 4) is 22.6 Å². The predicted molar refractivity (Wildman–Crippen MR) is 148 cm³/mol. The molecule has 1 aromatic heterocycles. The van der Waals surface area contributed by atoms with E-state index >= 15 is 4.39 Å². The molecule has 38 heavy (non-hydrogen) atoms. The van der Waals surface area contributed by atoms with Crippen LogP contribution in [0.2, 0.25) is 0 Å². The molecule has 0 saturated heterocycles. The molecule has 0 amide bonds. The van der Waals surface area contributed by atoms with Crippen LogP contribution in [-0.2, 0) is 0 Å². The van der Waals surface area contributed by atoms with Gasteiger partial charge < -0.3 is 10.5 Å². The number of ether oxygens (including phenoxy) is 1. The summed E-state index contributed by atoms with van der Waals surface area (Å²) < 4.78 is 48.4. The van der Waals surface area contributed by atoms with Gasteiger partial charge in [-0.3, -0.25) is 14.3 Å². The third kappa shape index (κ3) is 5.13. The Labute approximate surface area is 221 Å². The number of hydrogen-bond donors (Lipinski definition) is 1. The molecular weight excluding hydrogens is 512 g/mol. The van der Waals surface area contributed by atoms with Gasteiger partial charge in [0.05, 0.1) is 17.1 Å². The number of anilines is 1. The Balaban J connectivity index is 2.06. The van der Waals surface area contributed by atoms with Crippen LogP contribution < -0.4 is 15.8 Å². The highest BCUT2D eigenvalue weighted by Crippen LogP contribution is 2.38. The van der Waals surface area contributed by atoms with Crippen molar-refractivity contribution < 1.29 is 22.7 Å². The van der Waals surface area contributed by atoms with Crippen molar-refractivity contribution in [3.63, 3.8) is 0 Å². The third-order valence-corrected chi connectivity index (χ3v) is 7.83. The number of nitrogens with two attached hydrogens (primary N) is 1. The average molecular weight is 543 g/mol. The highest BCUT2D eigenvalue weighted by Gasteiger charge is 2.26. The van der Waals surface area contributed by atoms with Crippen LogP contribution in [0.5, 0.6) is 5.75 Å². The maximum Gasteiger partial charge on any atom is 0.387 e. The van der Waals surface area contributed by atoms with Gasteiger partial charge in [-0.05, 0) is 81.4 Å². The number of imidazole rings is 1. The van der Waals surface area contributed by atoms with Crippen LogP contribution in [0.4, 0.5) is 18.9 Å². The van der Waals surface area contributed by atoms with Crippen LogP contribution in [0.1, 0.15) is 35.6 Å². The number of nitrogens with zero attached hydrogens (tertiary/aromatic N) is 3. The van der Waals surface area contributed by atoms with Gasteiger partial charge in [-0.15, -0.1) is 0 Å². The van der Waals surface area contributed by atoms with Crippen molar-refractivity contribution in [2.45, 2.75) is 26.0 Å². The smallest absolute Gasteiger partial charge is 0.387 e. The van der Waals surface area contributed by atoms with E-state index in [0.717, 1.165) is 0 Å². The molecule has 1 atom stereocenters. The largest absolute Gasteiger partial charge is 0.433 e. The van der Waals surface area contributed by atoms with Crippen LogP contribution in [0.25, 0.3) is 27.8 Å². The number of aromatic nitrogens is 2. The van der Waals surface area contributed by atoms with E-state index in [1.54, 1.807) is 28.8 Å². The molecule has 0 spiro atoms. The zero-order chi connectivity index (χ0) is 27.7. The summed E-state index contributed by atoms with van der Waals surface area (Å²) in [5.41, 5.74) is 9.32. The summed E-state index contributed by atoms with van der Waals surface area (Å²) in [6, 6.07) is 12.8. The zero-order valence-electron chi connectivity index (χ0n) is 21.9. The quantitative estimate of drug-likeness (QED) is 0.155. The molecule has 3 aromatic carbocycles. The number of fused-ring (bicyclic) bond motifs is 1. The molecule has 2 N–H and O–H groups in total. The molecule has 0 aliphatic heterocycles. The summed E-state index contributed by atoms with van der Waals surface area (Å²) in [4.78, 5) is 18.9. The molecule has 0 fully saturated rings. The Morgan fingerprint density at radius 1 is 1.13 bits per heavy atom. The highest BCUT2D eigenvalue weighted by atomic mass is 31.1. The Morgan fingerprint density at radius 2 is 1.87 bits per heavy atom. The summed E-state index contributed by atoms with van der Waals surface area (Å²) in [7, 11) is 3.06. The second-order valence-corrected chi connectivity index (χ2v) is 11.6. The summed E-state index contributed by atoms with van der Waals surface area (Å²) in [5.74, 6) is 0.0350. The standard InChI is InChI=1S/C28H30F3N4O2P/c1-6-22(34(2)3)27-33-21-11-10-16(18-12-19(29)26(38(4)5)20(32)13-18)14-23(21)35(27)25-17(15-36)8-7-9-24(25)37-28(30)31/h7-15,22,28H,6,32H2,1-5H3. The molecule has 1 unspecified atom stereocenters. The third-order valence-electron chi connectivity index (χ3n) is 6.46. The van der Waals surface area contributed by atoms with Gasteiger partial charge in [0, 0.05) is 16.6 Å². The lowest BCUT2D eigenvalue weighted by atomic mass is 10.0. The summed E-state index contributed by atoms with van der Waals surface area (Å²) in [6.45, 7) is 2.78. The first-order valence-electron chi connectivity index (χ1n) is 12.1. The summed E-state index contributed by atoms with van der Waals surface area (Å²) in [5, 5.41) is 0.516. The van der Waals surface area contributed by atoms with E-state index in [9.17, 15) is 13.6 Å². The van der Waals surface area contributed by atoms with E-state index in [1.807, 2.05) is 45.3 Å². The lowest BCUT2D eigenvalue weighted by Gasteiger charge is -2.25. The average Bonchev–Trinajstić information content (AvgIpc) is 3.20. The number of benzene rings is 3. The summed E-state index contributed by atoms with van der Waals surface area (Å²) in [6.07, 6.45) is 1.27. The fourth-order valence-electron chi connectivity index (χ4n) is 4.83. The van der Waals surface area contributed by atoms with Gasteiger partial charge in [-0.1, -0.05) is 27.0 Å². The van der Waals surface area contributed by atoms with Gasteiger partial charge in [0.15, 0.2) is 12.0 Å². The van der Waals surface area contributed by atoms with Crippen LogP contribution in [-0.4, -0.2) is 54.8 Å². The minimum atomic E-state index is -3.09.